The molecule has 0 unspecified atom stereocenters. The fraction of sp³-hybridized carbons (Fsp3) is 0.593. The molecule has 0 bridgehead atoms. The van der Waals surface area contributed by atoms with E-state index in [0.717, 1.165) is 0 Å². The third-order valence-electron chi connectivity index (χ3n) is 12.7. The second-order valence-electron chi connectivity index (χ2n) is 16.9. The minimum absolute atomic E-state index is 0.512. The van der Waals surface area contributed by atoms with Crippen LogP contribution in [0.2, 0.25) is 24.2 Å². The minimum atomic E-state index is -3.06. The van der Waals surface area contributed by atoms with Gasteiger partial charge in [0.2, 0.25) is 0 Å². The smallest absolute Gasteiger partial charge is 0.374 e. The Morgan fingerprint density at radius 3 is 0.543 bits per heavy atom. The molecule has 0 N–H and O–H groups in total. The van der Waals surface area contributed by atoms with E-state index >= 15 is 0 Å². The predicted octanol–water partition coefficient (Wildman–Crippen LogP) is 12.7. The van der Waals surface area contributed by atoms with E-state index in [1.807, 2.05) is 83.1 Å². The number of hydrogen-bond acceptors (Lipinski definition) is 12. The Bertz CT molecular complexity index is 1980. The van der Waals surface area contributed by atoms with Crippen LogP contribution in [0.4, 0.5) is 0 Å². The van der Waals surface area contributed by atoms with Crippen LogP contribution in [0.25, 0.3) is 43.1 Å². The van der Waals surface area contributed by atoms with Crippen molar-refractivity contribution in [1.29, 1.82) is 0 Å². The monoisotopic (exact) mass is 1040 g/mol. The van der Waals surface area contributed by atoms with Gasteiger partial charge in [0.1, 0.15) is 0 Å². The molecule has 390 valence electrons. The summed E-state index contributed by atoms with van der Waals surface area (Å²) in [6.45, 7) is 30.4. The van der Waals surface area contributed by atoms with Crippen LogP contribution in [0.3, 0.4) is 0 Å². The lowest BCUT2D eigenvalue weighted by molar-refractivity contribution is 0.0706. The molecule has 0 aliphatic carbocycles. The van der Waals surface area contributed by atoms with E-state index in [9.17, 15) is 0 Å². The average Bonchev–Trinajstić information content (AvgIpc) is 3.34. The first-order valence-electron chi connectivity index (χ1n) is 26.5. The first-order chi connectivity index (χ1) is 34.0. The summed E-state index contributed by atoms with van der Waals surface area (Å²) in [7, 11) is -12.3. The molecule has 70 heavy (non-hydrogen) atoms. The Kier molecular flexibility index (Phi) is 24.1. The van der Waals surface area contributed by atoms with E-state index in [1.165, 1.54) is 65.3 Å². The van der Waals surface area contributed by atoms with Crippen LogP contribution in [0.5, 0.6) is 0 Å². The third-order valence-corrected chi connectivity index (χ3v) is 24.9. The summed E-state index contributed by atoms with van der Waals surface area (Å²) in [6, 6.07) is 25.2. The Hall–Kier alpha value is -2.47. The molecule has 0 heterocycles. The van der Waals surface area contributed by atoms with Gasteiger partial charge >= 0.3 is 35.2 Å². The summed E-state index contributed by atoms with van der Waals surface area (Å²) >= 11 is 0. The molecule has 12 nitrogen and oxygen atoms in total. The van der Waals surface area contributed by atoms with Gasteiger partial charge in [0.15, 0.2) is 0 Å². The highest BCUT2D eigenvalue weighted by Crippen LogP contribution is 2.43. The Morgan fingerprint density at radius 1 is 0.243 bits per heavy atom. The van der Waals surface area contributed by atoms with Gasteiger partial charge in [-0.25, -0.2) is 0 Å². The lowest BCUT2D eigenvalue weighted by atomic mass is 9.84. The predicted molar refractivity (Wildman–Crippen MR) is 293 cm³/mol. The maximum Gasteiger partial charge on any atom is 0.501 e. The molecular weight excluding hydrogens is 953 g/mol. The normalized spacial score (nSPS) is 13.0. The summed E-state index contributed by atoms with van der Waals surface area (Å²) in [5, 5.41) is 9.57. The summed E-state index contributed by atoms with van der Waals surface area (Å²) in [6.07, 6.45) is 2.78. The van der Waals surface area contributed by atoms with E-state index in [0.29, 0.717) is 129 Å². The van der Waals surface area contributed by atoms with Crippen molar-refractivity contribution in [1.82, 2.24) is 0 Å². The van der Waals surface area contributed by atoms with Crippen molar-refractivity contribution in [2.45, 2.75) is 133 Å². The van der Waals surface area contributed by atoms with Crippen molar-refractivity contribution >= 4 is 78.3 Å². The number of rotatable bonds is 36. The summed E-state index contributed by atoms with van der Waals surface area (Å²) < 4.78 is 78.1. The van der Waals surface area contributed by atoms with Crippen LogP contribution in [0.15, 0.2) is 60.7 Å². The highest BCUT2D eigenvalue weighted by Gasteiger charge is 2.44. The fourth-order valence-corrected chi connectivity index (χ4v) is 20.6. The largest absolute Gasteiger partial charge is 0.501 e. The van der Waals surface area contributed by atoms with Gasteiger partial charge in [-0.3, -0.25) is 0 Å². The molecule has 16 heteroatoms. The van der Waals surface area contributed by atoms with Crippen molar-refractivity contribution < 1.29 is 53.1 Å². The molecule has 0 aromatic heterocycles. The van der Waals surface area contributed by atoms with Crippen molar-refractivity contribution in [3.05, 3.63) is 82.9 Å². The molecule has 5 aromatic carbocycles. The topological polar surface area (TPSA) is 111 Å². The zero-order valence-electron chi connectivity index (χ0n) is 44.8. The Labute approximate surface area is 424 Å². The molecule has 0 radical (unpaired) electrons. The van der Waals surface area contributed by atoms with Crippen LogP contribution in [0, 0.1) is 0 Å². The second-order valence-corrected chi connectivity index (χ2v) is 27.8. The molecule has 0 aliphatic rings. The van der Waals surface area contributed by atoms with Gasteiger partial charge in [-0.15, -0.1) is 0 Å². The van der Waals surface area contributed by atoms with Crippen molar-refractivity contribution in [3.8, 4) is 0 Å². The first kappa shape index (κ1) is 58.4. The Balaban J connectivity index is 1.96. The zero-order chi connectivity index (χ0) is 50.6. The summed E-state index contributed by atoms with van der Waals surface area (Å²) in [4.78, 5) is 0. The highest BCUT2D eigenvalue weighted by molar-refractivity contribution is 6.62. The summed E-state index contributed by atoms with van der Waals surface area (Å²) in [5.41, 5.74) is 4.97. The second kappa shape index (κ2) is 28.8. The number of hydrogen-bond donors (Lipinski definition) is 0. The molecule has 0 saturated heterocycles. The van der Waals surface area contributed by atoms with Crippen molar-refractivity contribution in [2.24, 2.45) is 0 Å². The zero-order valence-corrected chi connectivity index (χ0v) is 48.8. The van der Waals surface area contributed by atoms with Gasteiger partial charge in [0, 0.05) is 103 Å². The van der Waals surface area contributed by atoms with Gasteiger partial charge in [-0.1, -0.05) is 48.5 Å². The first-order valence-corrected chi connectivity index (χ1v) is 34.3. The number of benzene rings is 5. The molecule has 0 atom stereocenters. The van der Waals surface area contributed by atoms with Gasteiger partial charge in [-0.2, -0.15) is 0 Å². The van der Waals surface area contributed by atoms with Gasteiger partial charge in [0.25, 0.3) is 0 Å². The molecule has 5 rings (SSSR count). The molecule has 5 aromatic rings. The van der Waals surface area contributed by atoms with Gasteiger partial charge in [-0.05, 0) is 186 Å². The molecule has 0 saturated carbocycles. The van der Waals surface area contributed by atoms with Crippen LogP contribution >= 0.6 is 0 Å². The third kappa shape index (κ3) is 14.0. The SMILES string of the molecule is CCO[Si](CCc1c2ccccc2c(CC[Si](OCC)(OCC)OCC)c2cc3c(CC[Si](OCC)(OCC)OCC)c4ccccc4c(CC[Si](OCC)(OCC)OCC)c3cc12)(OCC)OCC. The number of aryl methyl sites for hydroxylation is 4. The summed E-state index contributed by atoms with van der Waals surface area (Å²) in [5.74, 6) is 0. The van der Waals surface area contributed by atoms with E-state index in [4.69, 9.17) is 53.1 Å². The van der Waals surface area contributed by atoms with Crippen LogP contribution < -0.4 is 0 Å². The van der Waals surface area contributed by atoms with E-state index in [1.54, 1.807) is 0 Å². The van der Waals surface area contributed by atoms with Crippen LogP contribution in [-0.4, -0.2) is 115 Å². The maximum absolute atomic E-state index is 6.51. The lowest BCUT2D eigenvalue weighted by Gasteiger charge is -2.30. The van der Waals surface area contributed by atoms with Crippen LogP contribution in [-0.2, 0) is 78.8 Å². The highest BCUT2D eigenvalue weighted by atomic mass is 28.4. The van der Waals surface area contributed by atoms with Crippen LogP contribution in [0.1, 0.15) is 105 Å². The average molecular weight is 1040 g/mol. The Morgan fingerprint density at radius 2 is 0.400 bits per heavy atom. The van der Waals surface area contributed by atoms with E-state index in [-0.39, 0.29) is 0 Å². The van der Waals surface area contributed by atoms with Gasteiger partial charge < -0.3 is 53.1 Å². The molecule has 0 aliphatic heterocycles. The molecule has 0 amide bonds. The van der Waals surface area contributed by atoms with E-state index in [2.05, 4.69) is 60.7 Å². The molecule has 0 spiro atoms. The standard InChI is InChI=1S/C54H86O12Si4/c1-13-55-67(56-14-2,57-15-3)37-33-47-43-29-25-26-30-44(43)48(34-38-68(58-16-4,59-17-5)60-18-6)52-42-54-50(36-40-70(64-22-10,65-23-11)66-24-12)46-32-28-27-31-45(46)49(53(54)41-51(47)52)35-39-69(61-19-7,62-20-8)63-21-9/h25-32,41-42H,13-24,33-40H2,1-12H3. The maximum atomic E-state index is 6.51. The quantitative estimate of drug-likeness (QED) is 0.0281. The minimum Gasteiger partial charge on any atom is -0.374 e. The van der Waals surface area contributed by atoms with Gasteiger partial charge in [0.05, 0.1) is 0 Å². The molecular formula is C54H86O12Si4. The molecule has 0 fully saturated rings. The fourth-order valence-electron chi connectivity index (χ4n) is 10.4. The van der Waals surface area contributed by atoms with Crippen molar-refractivity contribution in [2.75, 3.05) is 79.3 Å². The van der Waals surface area contributed by atoms with E-state index < -0.39 is 35.2 Å². The lowest BCUT2D eigenvalue weighted by Crippen LogP contribution is -2.46. The number of fused-ring (bicyclic) bond motifs is 4. The van der Waals surface area contributed by atoms with Crippen molar-refractivity contribution in [3.63, 3.8) is 0 Å².